The summed E-state index contributed by atoms with van der Waals surface area (Å²) < 4.78 is 42.9. The summed E-state index contributed by atoms with van der Waals surface area (Å²) in [5.41, 5.74) is 5.47. The molecular formula is C40H50ClN3O8S. The van der Waals surface area contributed by atoms with E-state index in [1.807, 2.05) is 24.3 Å². The molecule has 1 aliphatic heterocycles. The molecule has 13 heteroatoms. The molecule has 3 aromatic carbocycles. The number of likely N-dealkylation sites (tertiary alicyclic amines) is 1. The van der Waals surface area contributed by atoms with Gasteiger partial charge in [0, 0.05) is 62.0 Å². The highest BCUT2D eigenvalue weighted by atomic mass is 35.5. The first-order chi connectivity index (χ1) is 25.3. The summed E-state index contributed by atoms with van der Waals surface area (Å²) in [4.78, 5) is 6.42. The van der Waals surface area contributed by atoms with Crippen LogP contribution in [0.4, 0.5) is 0 Å². The predicted molar refractivity (Wildman–Crippen MR) is 205 cm³/mol. The van der Waals surface area contributed by atoms with Gasteiger partial charge in [-0.25, -0.2) is 8.42 Å². The SMILES string of the molecule is Cc1c(COc2cc(OCc3cncc(S(C)(=O)=O)c3)c(CNC(C)(CO)CO)cc2Cl)cccc1-c1cccc(OCCCN2CCC(O)C2)c1C. The van der Waals surface area contributed by atoms with Crippen LogP contribution < -0.4 is 19.5 Å². The second-order valence-electron chi connectivity index (χ2n) is 14.0. The first kappa shape index (κ1) is 40.4. The van der Waals surface area contributed by atoms with Crippen molar-refractivity contribution in [2.45, 2.75) is 69.9 Å². The summed E-state index contributed by atoms with van der Waals surface area (Å²) >= 11 is 6.76. The topological polar surface area (TPSA) is 151 Å². The Kier molecular flexibility index (Phi) is 13.8. The van der Waals surface area contributed by atoms with Gasteiger partial charge < -0.3 is 39.7 Å². The van der Waals surface area contributed by atoms with E-state index in [1.165, 1.54) is 18.5 Å². The number of halogens is 1. The highest BCUT2D eigenvalue weighted by Crippen LogP contribution is 2.36. The molecule has 53 heavy (non-hydrogen) atoms. The number of pyridine rings is 1. The Morgan fingerprint density at radius 3 is 2.34 bits per heavy atom. The lowest BCUT2D eigenvalue weighted by Crippen LogP contribution is -2.48. The molecule has 286 valence electrons. The number of aliphatic hydroxyl groups is 3. The Balaban J connectivity index is 1.32. The van der Waals surface area contributed by atoms with Crippen molar-refractivity contribution in [3.05, 3.63) is 99.8 Å². The Labute approximate surface area is 317 Å². The van der Waals surface area contributed by atoms with Gasteiger partial charge in [0.1, 0.15) is 30.5 Å². The van der Waals surface area contributed by atoms with Crippen molar-refractivity contribution in [1.29, 1.82) is 0 Å². The molecule has 4 N–H and O–H groups in total. The molecule has 4 aromatic rings. The van der Waals surface area contributed by atoms with Crippen molar-refractivity contribution in [2.75, 3.05) is 45.7 Å². The van der Waals surface area contributed by atoms with E-state index in [2.05, 4.69) is 41.2 Å². The molecule has 1 aliphatic rings. The fourth-order valence-electron chi connectivity index (χ4n) is 6.17. The Hall–Kier alpha value is -3.75. The molecule has 1 atom stereocenters. The maximum atomic E-state index is 12.1. The summed E-state index contributed by atoms with van der Waals surface area (Å²) in [6.07, 6.45) is 5.45. The molecule has 0 bridgehead atoms. The van der Waals surface area contributed by atoms with Gasteiger partial charge in [0.2, 0.25) is 0 Å². The zero-order valence-corrected chi connectivity index (χ0v) is 32.3. The van der Waals surface area contributed by atoms with Gasteiger partial charge in [0.25, 0.3) is 0 Å². The van der Waals surface area contributed by atoms with E-state index < -0.39 is 15.4 Å². The molecular weight excluding hydrogens is 718 g/mol. The molecule has 1 aromatic heterocycles. The van der Waals surface area contributed by atoms with E-state index in [-0.39, 0.29) is 44.0 Å². The monoisotopic (exact) mass is 767 g/mol. The van der Waals surface area contributed by atoms with Crippen LogP contribution in [0.2, 0.25) is 5.02 Å². The van der Waals surface area contributed by atoms with Gasteiger partial charge in [-0.3, -0.25) is 4.98 Å². The third-order valence-corrected chi connectivity index (χ3v) is 11.0. The Bertz CT molecular complexity index is 1970. The maximum Gasteiger partial charge on any atom is 0.177 e. The first-order valence-electron chi connectivity index (χ1n) is 17.7. The fraction of sp³-hybridized carbons (Fsp3) is 0.425. The molecule has 0 spiro atoms. The van der Waals surface area contributed by atoms with Crippen molar-refractivity contribution < 1.29 is 37.9 Å². The molecule has 0 amide bonds. The van der Waals surface area contributed by atoms with E-state index in [0.717, 1.165) is 72.3 Å². The number of rotatable bonds is 18. The van der Waals surface area contributed by atoms with E-state index in [4.69, 9.17) is 25.8 Å². The molecule has 5 rings (SSSR count). The van der Waals surface area contributed by atoms with Crippen LogP contribution in [0.25, 0.3) is 11.1 Å². The number of aromatic nitrogens is 1. The van der Waals surface area contributed by atoms with Gasteiger partial charge in [-0.1, -0.05) is 41.9 Å². The molecule has 0 aliphatic carbocycles. The summed E-state index contributed by atoms with van der Waals surface area (Å²) in [6.45, 7) is 8.85. The molecule has 1 unspecified atom stereocenters. The normalized spacial score (nSPS) is 15.1. The van der Waals surface area contributed by atoms with Crippen LogP contribution >= 0.6 is 11.6 Å². The second kappa shape index (κ2) is 18.1. The number of β-amino-alcohol motifs (C(OH)–C–C–N with tert-alkyl or cyclic N) is 1. The lowest BCUT2D eigenvalue weighted by atomic mass is 9.93. The predicted octanol–water partition coefficient (Wildman–Crippen LogP) is 5.25. The van der Waals surface area contributed by atoms with Crippen LogP contribution in [-0.4, -0.2) is 91.0 Å². The highest BCUT2D eigenvalue weighted by molar-refractivity contribution is 7.90. The largest absolute Gasteiger partial charge is 0.493 e. The van der Waals surface area contributed by atoms with E-state index in [9.17, 15) is 23.7 Å². The lowest BCUT2D eigenvalue weighted by Gasteiger charge is -2.27. The number of hydrogen-bond donors (Lipinski definition) is 4. The van der Waals surface area contributed by atoms with Crippen LogP contribution in [0.15, 0.2) is 71.9 Å². The van der Waals surface area contributed by atoms with Gasteiger partial charge in [0.15, 0.2) is 9.84 Å². The fourth-order valence-corrected chi connectivity index (χ4v) is 7.03. The number of benzene rings is 3. The van der Waals surface area contributed by atoms with Crippen molar-refractivity contribution in [1.82, 2.24) is 15.2 Å². The van der Waals surface area contributed by atoms with Gasteiger partial charge in [-0.2, -0.15) is 0 Å². The van der Waals surface area contributed by atoms with E-state index >= 15 is 0 Å². The summed E-state index contributed by atoms with van der Waals surface area (Å²) in [7, 11) is -3.46. The van der Waals surface area contributed by atoms with Crippen molar-refractivity contribution in [3.63, 3.8) is 0 Å². The molecule has 11 nitrogen and oxygen atoms in total. The highest BCUT2D eigenvalue weighted by Gasteiger charge is 2.23. The summed E-state index contributed by atoms with van der Waals surface area (Å²) in [5, 5.41) is 32.9. The van der Waals surface area contributed by atoms with Gasteiger partial charge >= 0.3 is 0 Å². The molecule has 2 heterocycles. The quantitative estimate of drug-likeness (QED) is 0.0984. The van der Waals surface area contributed by atoms with Crippen LogP contribution in [0.3, 0.4) is 0 Å². The smallest absolute Gasteiger partial charge is 0.177 e. The molecule has 0 radical (unpaired) electrons. The number of sulfone groups is 1. The zero-order valence-electron chi connectivity index (χ0n) is 30.8. The van der Waals surface area contributed by atoms with Crippen molar-refractivity contribution in [3.8, 4) is 28.4 Å². The minimum atomic E-state index is -3.46. The first-order valence-corrected chi connectivity index (χ1v) is 20.0. The Morgan fingerprint density at radius 2 is 1.64 bits per heavy atom. The number of nitrogens with one attached hydrogen (secondary N) is 1. The molecule has 1 fully saturated rings. The molecule has 1 saturated heterocycles. The minimum Gasteiger partial charge on any atom is -0.493 e. The standard InChI is InChI=1S/C40H50ClN3O8S/c1-27-30(8-5-9-34(27)35-10-6-11-37(28(35)2)50-15-7-13-44-14-12-32(47)22-44)24-52-39-18-38(31(17-36(39)41)20-43-40(3,25-45)26-46)51-23-29-16-33(21-42-19-29)53(4,48)49/h5-6,8-11,16-19,21,32,43,45-47H,7,12-15,20,22-26H2,1-4H3. The summed E-state index contributed by atoms with van der Waals surface area (Å²) in [6, 6.07) is 17.1. The van der Waals surface area contributed by atoms with E-state index in [1.54, 1.807) is 19.1 Å². The van der Waals surface area contributed by atoms with Crippen LogP contribution in [0, 0.1) is 13.8 Å². The third kappa shape index (κ3) is 10.7. The van der Waals surface area contributed by atoms with Crippen LogP contribution in [0.1, 0.15) is 47.6 Å². The summed E-state index contributed by atoms with van der Waals surface area (Å²) in [5.74, 6) is 1.66. The van der Waals surface area contributed by atoms with Crippen LogP contribution in [-0.2, 0) is 29.6 Å². The maximum absolute atomic E-state index is 12.1. The third-order valence-electron chi connectivity index (χ3n) is 9.64. The number of nitrogens with zero attached hydrogens (tertiary/aromatic N) is 2. The average molecular weight is 768 g/mol. The second-order valence-corrected chi connectivity index (χ2v) is 16.4. The zero-order chi connectivity index (χ0) is 38.2. The van der Waals surface area contributed by atoms with Crippen LogP contribution in [0.5, 0.6) is 17.2 Å². The number of ether oxygens (including phenoxy) is 3. The Morgan fingerprint density at radius 1 is 0.925 bits per heavy atom. The van der Waals surface area contributed by atoms with Gasteiger partial charge in [-0.05, 0) is 79.6 Å². The van der Waals surface area contributed by atoms with E-state index in [0.29, 0.717) is 34.3 Å². The molecule has 0 saturated carbocycles. The lowest BCUT2D eigenvalue weighted by molar-refractivity contribution is 0.103. The minimum absolute atomic E-state index is 0.0214. The van der Waals surface area contributed by atoms with Crippen molar-refractivity contribution >= 4 is 21.4 Å². The number of aliphatic hydroxyl groups excluding tert-OH is 3. The van der Waals surface area contributed by atoms with Crippen molar-refractivity contribution in [2.24, 2.45) is 0 Å². The average Bonchev–Trinajstić information content (AvgIpc) is 3.57. The van der Waals surface area contributed by atoms with Gasteiger partial charge in [-0.15, -0.1) is 0 Å². The number of hydrogen-bond acceptors (Lipinski definition) is 11. The van der Waals surface area contributed by atoms with Gasteiger partial charge in [0.05, 0.1) is 41.4 Å².